The van der Waals surface area contributed by atoms with Crippen molar-refractivity contribution in [2.24, 2.45) is 34.3 Å². The molecule has 5 N–H and O–H groups in total. The standard InChI is InChI=1S/C18H27FN2O2/c1-17-4-3-10(22)5-9(17)6-13(23)14-11-7-12(19)15(20)18(11,2)8-21-16(14)17/h3-5,9,11-16,21-23H,6-8,20H2,1-2H3/t9?,11-,12?,13?,14+,15?,16+,17-,18-/m0/s1. The summed E-state index contributed by atoms with van der Waals surface area (Å²) in [6.45, 7) is 4.92. The van der Waals surface area contributed by atoms with Gasteiger partial charge in [-0.1, -0.05) is 19.9 Å². The fraction of sp³-hybridized carbons (Fsp3) is 0.778. The maximum atomic E-state index is 14.3. The number of alkyl halides is 1. The average Bonchev–Trinajstić information content (AvgIpc) is 2.73. The first kappa shape index (κ1) is 15.6. The third-order valence-electron chi connectivity index (χ3n) is 7.42. The van der Waals surface area contributed by atoms with Gasteiger partial charge in [-0.2, -0.15) is 0 Å². The third-order valence-corrected chi connectivity index (χ3v) is 7.42. The minimum Gasteiger partial charge on any atom is -0.508 e. The van der Waals surface area contributed by atoms with Crippen molar-refractivity contribution in [3.05, 3.63) is 24.0 Å². The Morgan fingerprint density at radius 1 is 1.35 bits per heavy atom. The smallest absolute Gasteiger partial charge is 0.116 e. The Morgan fingerprint density at radius 2 is 2.09 bits per heavy atom. The molecule has 4 unspecified atom stereocenters. The fourth-order valence-electron chi connectivity index (χ4n) is 5.89. The van der Waals surface area contributed by atoms with Gasteiger partial charge in [-0.05, 0) is 36.8 Å². The number of aliphatic hydroxyl groups is 2. The Kier molecular flexibility index (Phi) is 3.26. The van der Waals surface area contributed by atoms with Crippen molar-refractivity contribution in [2.45, 2.75) is 51.0 Å². The molecule has 4 nitrogen and oxygen atoms in total. The van der Waals surface area contributed by atoms with Crippen molar-refractivity contribution in [3.8, 4) is 0 Å². The first-order valence-electron chi connectivity index (χ1n) is 8.68. The molecular weight excluding hydrogens is 295 g/mol. The molecule has 0 bridgehead atoms. The van der Waals surface area contributed by atoms with Crippen LogP contribution in [0.3, 0.4) is 0 Å². The topological polar surface area (TPSA) is 78.5 Å². The first-order chi connectivity index (χ1) is 10.8. The molecule has 4 rings (SSSR count). The zero-order chi connectivity index (χ0) is 16.6. The van der Waals surface area contributed by atoms with Crippen molar-refractivity contribution >= 4 is 0 Å². The van der Waals surface area contributed by atoms with Gasteiger partial charge in [-0.25, -0.2) is 4.39 Å². The van der Waals surface area contributed by atoms with E-state index in [0.717, 1.165) is 0 Å². The largest absolute Gasteiger partial charge is 0.508 e. The van der Waals surface area contributed by atoms with Crippen LogP contribution in [0.4, 0.5) is 4.39 Å². The highest BCUT2D eigenvalue weighted by Crippen LogP contribution is 2.58. The Morgan fingerprint density at radius 3 is 2.83 bits per heavy atom. The molecule has 23 heavy (non-hydrogen) atoms. The molecule has 3 aliphatic carbocycles. The van der Waals surface area contributed by atoms with Crippen molar-refractivity contribution in [1.29, 1.82) is 0 Å². The summed E-state index contributed by atoms with van der Waals surface area (Å²) in [6, 6.07) is -0.392. The second-order valence-electron chi connectivity index (χ2n) is 8.53. The van der Waals surface area contributed by atoms with Gasteiger partial charge in [0.15, 0.2) is 0 Å². The van der Waals surface area contributed by atoms with E-state index < -0.39 is 18.3 Å². The van der Waals surface area contributed by atoms with Gasteiger partial charge in [-0.3, -0.25) is 0 Å². The van der Waals surface area contributed by atoms with E-state index >= 15 is 0 Å². The molecule has 0 radical (unpaired) electrons. The van der Waals surface area contributed by atoms with Crippen molar-refractivity contribution < 1.29 is 14.6 Å². The fourth-order valence-corrected chi connectivity index (χ4v) is 5.89. The van der Waals surface area contributed by atoms with Gasteiger partial charge in [0.2, 0.25) is 0 Å². The Balaban J connectivity index is 1.73. The van der Waals surface area contributed by atoms with Crippen LogP contribution in [0.25, 0.3) is 0 Å². The Labute approximate surface area is 136 Å². The van der Waals surface area contributed by atoms with E-state index in [4.69, 9.17) is 5.73 Å². The summed E-state index contributed by atoms with van der Waals surface area (Å²) in [4.78, 5) is 0. The van der Waals surface area contributed by atoms with Crippen LogP contribution in [-0.4, -0.2) is 41.1 Å². The lowest BCUT2D eigenvalue weighted by molar-refractivity contribution is -0.0975. The number of aliphatic hydroxyl groups excluding tert-OH is 2. The molecule has 128 valence electrons. The van der Waals surface area contributed by atoms with Crippen LogP contribution in [0.2, 0.25) is 0 Å². The number of halogens is 1. The van der Waals surface area contributed by atoms with Crippen molar-refractivity contribution in [3.63, 3.8) is 0 Å². The molecule has 9 atom stereocenters. The van der Waals surface area contributed by atoms with Gasteiger partial charge in [0, 0.05) is 35.4 Å². The zero-order valence-corrected chi connectivity index (χ0v) is 13.7. The molecule has 0 amide bonds. The summed E-state index contributed by atoms with van der Waals surface area (Å²) in [6.07, 6.45) is 5.23. The normalized spacial score (nSPS) is 58.1. The number of fused-ring (bicyclic) bond motifs is 5. The molecule has 3 fully saturated rings. The maximum absolute atomic E-state index is 14.3. The Bertz CT molecular complexity index is 579. The first-order valence-corrected chi connectivity index (χ1v) is 8.68. The lowest BCUT2D eigenvalue weighted by Gasteiger charge is -2.59. The quantitative estimate of drug-likeness (QED) is 0.547. The van der Waals surface area contributed by atoms with Gasteiger partial charge in [-0.15, -0.1) is 0 Å². The summed E-state index contributed by atoms with van der Waals surface area (Å²) in [5.74, 6) is 0.460. The van der Waals surface area contributed by atoms with Gasteiger partial charge >= 0.3 is 0 Å². The average molecular weight is 322 g/mol. The van der Waals surface area contributed by atoms with E-state index in [1.807, 2.05) is 6.08 Å². The van der Waals surface area contributed by atoms with Gasteiger partial charge < -0.3 is 21.3 Å². The molecule has 0 aromatic heterocycles. The van der Waals surface area contributed by atoms with Crippen LogP contribution in [0.5, 0.6) is 0 Å². The molecule has 0 aromatic rings. The van der Waals surface area contributed by atoms with Crippen molar-refractivity contribution in [2.75, 3.05) is 6.54 Å². The van der Waals surface area contributed by atoms with Crippen molar-refractivity contribution in [1.82, 2.24) is 5.32 Å². The molecular formula is C18H27FN2O2. The summed E-state index contributed by atoms with van der Waals surface area (Å²) >= 11 is 0. The number of hydrogen-bond donors (Lipinski definition) is 4. The van der Waals surface area contributed by atoms with E-state index in [-0.39, 0.29) is 40.4 Å². The van der Waals surface area contributed by atoms with Crippen LogP contribution >= 0.6 is 0 Å². The highest BCUT2D eigenvalue weighted by atomic mass is 19.1. The lowest BCUT2D eigenvalue weighted by Crippen LogP contribution is -2.68. The van der Waals surface area contributed by atoms with Crippen LogP contribution in [0.15, 0.2) is 24.0 Å². The predicted octanol–water partition coefficient (Wildman–Crippen LogP) is 1.66. The molecule has 5 heteroatoms. The highest BCUT2D eigenvalue weighted by Gasteiger charge is 2.63. The number of nitrogens with one attached hydrogen (secondary N) is 1. The minimum absolute atomic E-state index is 0.0000860. The monoisotopic (exact) mass is 322 g/mol. The van der Waals surface area contributed by atoms with E-state index in [1.54, 1.807) is 6.08 Å². The number of nitrogens with two attached hydrogens (primary N) is 1. The number of rotatable bonds is 0. The van der Waals surface area contributed by atoms with Gasteiger partial charge in [0.05, 0.1) is 6.10 Å². The zero-order valence-electron chi connectivity index (χ0n) is 13.7. The van der Waals surface area contributed by atoms with Crippen LogP contribution in [0.1, 0.15) is 26.7 Å². The number of piperidine rings is 1. The predicted molar refractivity (Wildman–Crippen MR) is 86.4 cm³/mol. The summed E-state index contributed by atoms with van der Waals surface area (Å²) in [5.41, 5.74) is 5.69. The SMILES string of the molecule is C[C@]12C=CC(O)=CC1CC(O)[C@@H]1[C@H]2NC[C@]2(C)C(N)C(F)C[C@@H]12. The van der Waals surface area contributed by atoms with E-state index in [2.05, 4.69) is 25.2 Å². The van der Waals surface area contributed by atoms with Crippen LogP contribution in [-0.2, 0) is 0 Å². The molecule has 2 saturated carbocycles. The van der Waals surface area contributed by atoms with Crippen LogP contribution < -0.4 is 11.1 Å². The summed E-state index contributed by atoms with van der Waals surface area (Å²) < 4.78 is 14.3. The minimum atomic E-state index is -0.992. The molecule has 0 aromatic carbocycles. The second-order valence-corrected chi connectivity index (χ2v) is 8.53. The highest BCUT2D eigenvalue weighted by molar-refractivity contribution is 5.29. The van der Waals surface area contributed by atoms with Crippen LogP contribution in [0, 0.1) is 28.6 Å². The van der Waals surface area contributed by atoms with Gasteiger partial charge in [0.1, 0.15) is 11.9 Å². The second kappa shape index (κ2) is 4.80. The Hall–Kier alpha value is -0.910. The lowest BCUT2D eigenvalue weighted by atomic mass is 9.51. The summed E-state index contributed by atoms with van der Waals surface area (Å²) in [7, 11) is 0. The van der Waals surface area contributed by atoms with Gasteiger partial charge in [0.25, 0.3) is 0 Å². The molecule has 0 spiro atoms. The number of hydrogen-bond acceptors (Lipinski definition) is 4. The molecule has 4 aliphatic rings. The molecule has 1 heterocycles. The van der Waals surface area contributed by atoms with E-state index in [1.165, 1.54) is 0 Å². The summed E-state index contributed by atoms with van der Waals surface area (Å²) in [5, 5.41) is 24.3. The van der Waals surface area contributed by atoms with E-state index in [9.17, 15) is 14.6 Å². The number of allylic oxidation sites excluding steroid dienone is 2. The molecule has 1 aliphatic heterocycles. The van der Waals surface area contributed by atoms with E-state index in [0.29, 0.717) is 19.4 Å². The maximum Gasteiger partial charge on any atom is 0.116 e. The third kappa shape index (κ3) is 1.93. The molecule has 1 saturated heterocycles.